The molecule has 0 amide bonds. The van der Waals surface area contributed by atoms with Crippen molar-refractivity contribution in [3.05, 3.63) is 66.7 Å². The molecule has 0 aromatic carbocycles. The number of rotatable bonds is 13. The fraction of sp³-hybridized carbons (Fsp3) is 0.500. The van der Waals surface area contributed by atoms with E-state index in [0.29, 0.717) is 17.8 Å². The van der Waals surface area contributed by atoms with Crippen molar-refractivity contribution in [2.45, 2.75) is 59.8 Å². The smallest absolute Gasteiger partial charge is 0.234 e. The molecule has 1 heterocycles. The Kier molecular flexibility index (Phi) is 12.2. The molecular formula is C26H41N5. The number of anilines is 2. The lowest BCUT2D eigenvalue weighted by molar-refractivity contribution is 0.732. The van der Waals surface area contributed by atoms with E-state index in [2.05, 4.69) is 104 Å². The van der Waals surface area contributed by atoms with Gasteiger partial charge in [-0.1, -0.05) is 76.8 Å². The van der Waals surface area contributed by atoms with Crippen molar-refractivity contribution in [2.75, 3.05) is 30.4 Å². The van der Waals surface area contributed by atoms with Gasteiger partial charge in [0.25, 0.3) is 0 Å². The van der Waals surface area contributed by atoms with Gasteiger partial charge in [0.1, 0.15) is 5.82 Å². The van der Waals surface area contributed by atoms with E-state index in [1.54, 1.807) is 0 Å². The first-order valence-corrected chi connectivity index (χ1v) is 11.3. The van der Waals surface area contributed by atoms with E-state index in [1.807, 2.05) is 25.1 Å². The van der Waals surface area contributed by atoms with Crippen LogP contribution in [0.15, 0.2) is 60.9 Å². The molecule has 1 atom stereocenters. The Morgan fingerprint density at radius 1 is 0.968 bits per heavy atom. The average molecular weight is 424 g/mol. The molecule has 0 saturated heterocycles. The summed E-state index contributed by atoms with van der Waals surface area (Å²) >= 11 is 0. The highest BCUT2D eigenvalue weighted by atomic mass is 15.3. The zero-order chi connectivity index (χ0) is 23.2. The lowest BCUT2D eigenvalue weighted by atomic mass is 10.1. The molecule has 1 unspecified atom stereocenters. The summed E-state index contributed by atoms with van der Waals surface area (Å²) < 4.78 is 0. The highest BCUT2D eigenvalue weighted by Crippen LogP contribution is 2.20. The molecule has 0 aliphatic carbocycles. The van der Waals surface area contributed by atoms with Gasteiger partial charge in [-0.3, -0.25) is 0 Å². The Morgan fingerprint density at radius 3 is 2.29 bits per heavy atom. The Balaban J connectivity index is 2.83. The molecule has 170 valence electrons. The van der Waals surface area contributed by atoms with Crippen LogP contribution in [0, 0.1) is 5.92 Å². The van der Waals surface area contributed by atoms with Crippen LogP contribution >= 0.6 is 0 Å². The third kappa shape index (κ3) is 9.77. The quantitative estimate of drug-likeness (QED) is 0.207. The summed E-state index contributed by atoms with van der Waals surface area (Å²) in [5.74, 6) is 2.66. The van der Waals surface area contributed by atoms with E-state index in [-0.39, 0.29) is 5.92 Å². The van der Waals surface area contributed by atoms with Gasteiger partial charge >= 0.3 is 0 Å². The average Bonchev–Trinajstić information content (AvgIpc) is 2.76. The predicted octanol–water partition coefficient (Wildman–Crippen LogP) is 6.45. The number of allylic oxidation sites excluding steroid dienone is 8. The molecule has 0 fully saturated rings. The van der Waals surface area contributed by atoms with Gasteiger partial charge in [-0.2, -0.15) is 15.0 Å². The second-order valence-electron chi connectivity index (χ2n) is 8.10. The molecule has 0 radical (unpaired) electrons. The van der Waals surface area contributed by atoms with Gasteiger partial charge in [0.15, 0.2) is 0 Å². The molecule has 1 aromatic rings. The lowest BCUT2D eigenvalue weighted by Gasteiger charge is -2.22. The lowest BCUT2D eigenvalue weighted by Crippen LogP contribution is -2.25. The summed E-state index contributed by atoms with van der Waals surface area (Å²) in [6, 6.07) is 0. The number of unbranched alkanes of at least 4 members (excludes halogenated alkanes) is 1. The van der Waals surface area contributed by atoms with Gasteiger partial charge < -0.3 is 9.80 Å². The number of nitrogens with zero attached hydrogens (tertiary/aromatic N) is 5. The van der Waals surface area contributed by atoms with Crippen molar-refractivity contribution >= 4 is 11.9 Å². The topological polar surface area (TPSA) is 45.2 Å². The minimum atomic E-state index is 0.226. The zero-order valence-electron chi connectivity index (χ0n) is 20.5. The third-order valence-corrected chi connectivity index (χ3v) is 4.77. The summed E-state index contributed by atoms with van der Waals surface area (Å²) in [6.45, 7) is 15.7. The second kappa shape index (κ2) is 14.3. The molecule has 0 N–H and O–H groups in total. The maximum atomic E-state index is 4.68. The largest absolute Gasteiger partial charge is 0.344 e. The van der Waals surface area contributed by atoms with Crippen LogP contribution in [0.2, 0.25) is 0 Å². The first-order chi connectivity index (χ1) is 14.8. The third-order valence-electron chi connectivity index (χ3n) is 4.77. The van der Waals surface area contributed by atoms with Crippen molar-refractivity contribution in [3.8, 4) is 0 Å². The van der Waals surface area contributed by atoms with E-state index in [1.165, 1.54) is 0 Å². The van der Waals surface area contributed by atoms with Gasteiger partial charge in [0, 0.05) is 32.3 Å². The summed E-state index contributed by atoms with van der Waals surface area (Å²) in [7, 11) is 3.97. The first kappa shape index (κ1) is 26.3. The molecule has 5 heteroatoms. The van der Waals surface area contributed by atoms with Crippen LogP contribution in [-0.4, -0.2) is 35.6 Å². The fourth-order valence-corrected chi connectivity index (χ4v) is 2.72. The minimum absolute atomic E-state index is 0.226. The predicted molar refractivity (Wildman–Crippen MR) is 136 cm³/mol. The van der Waals surface area contributed by atoms with Crippen molar-refractivity contribution in [3.63, 3.8) is 0 Å². The number of hydrogen-bond acceptors (Lipinski definition) is 5. The van der Waals surface area contributed by atoms with Crippen LogP contribution in [-0.2, 0) is 0 Å². The van der Waals surface area contributed by atoms with Gasteiger partial charge in [-0.05, 0) is 38.2 Å². The zero-order valence-corrected chi connectivity index (χ0v) is 20.5. The summed E-state index contributed by atoms with van der Waals surface area (Å²) in [6.07, 6.45) is 20.2. The van der Waals surface area contributed by atoms with E-state index in [4.69, 9.17) is 0 Å². The van der Waals surface area contributed by atoms with Crippen LogP contribution in [0.25, 0.3) is 0 Å². The molecule has 1 aromatic heterocycles. The number of likely N-dealkylation sites (N-methyl/N-ethyl adjacent to an activating group) is 1. The van der Waals surface area contributed by atoms with Crippen LogP contribution in [0.3, 0.4) is 0 Å². The number of aromatic nitrogens is 3. The van der Waals surface area contributed by atoms with Gasteiger partial charge in [-0.25, -0.2) is 0 Å². The maximum Gasteiger partial charge on any atom is 0.234 e. The minimum Gasteiger partial charge on any atom is -0.344 e. The van der Waals surface area contributed by atoms with Gasteiger partial charge in [0.2, 0.25) is 11.9 Å². The Labute approximate surface area is 190 Å². The van der Waals surface area contributed by atoms with Crippen LogP contribution in [0.1, 0.15) is 65.6 Å². The Hall–Kier alpha value is -2.69. The van der Waals surface area contributed by atoms with Crippen LogP contribution in [0.5, 0.6) is 0 Å². The monoisotopic (exact) mass is 423 g/mol. The van der Waals surface area contributed by atoms with E-state index in [9.17, 15) is 0 Å². The van der Waals surface area contributed by atoms with Crippen molar-refractivity contribution < 1.29 is 0 Å². The highest BCUT2D eigenvalue weighted by molar-refractivity contribution is 5.46. The normalized spacial score (nSPS) is 13.3. The number of hydrogen-bond donors (Lipinski definition) is 0. The first-order valence-electron chi connectivity index (χ1n) is 11.3. The highest BCUT2D eigenvalue weighted by Gasteiger charge is 2.15. The second-order valence-corrected chi connectivity index (χ2v) is 8.10. The van der Waals surface area contributed by atoms with E-state index in [0.717, 1.165) is 37.3 Å². The Bertz CT molecular complexity index is 789. The molecule has 0 saturated carbocycles. The van der Waals surface area contributed by atoms with E-state index < -0.39 is 0 Å². The summed E-state index contributed by atoms with van der Waals surface area (Å²) in [5.41, 5.74) is 0.840. The molecule has 0 aliphatic heterocycles. The van der Waals surface area contributed by atoms with Crippen LogP contribution < -0.4 is 9.80 Å². The summed E-state index contributed by atoms with van der Waals surface area (Å²) in [5, 5.41) is 0. The molecule has 5 nitrogen and oxygen atoms in total. The summed E-state index contributed by atoms with van der Waals surface area (Å²) in [4.78, 5) is 18.0. The molecule has 0 bridgehead atoms. The van der Waals surface area contributed by atoms with Crippen molar-refractivity contribution in [1.29, 1.82) is 0 Å². The molecule has 0 spiro atoms. The van der Waals surface area contributed by atoms with Gasteiger partial charge in [0.05, 0.1) is 0 Å². The van der Waals surface area contributed by atoms with E-state index >= 15 is 0 Å². The standard InChI is InChI=1S/C26H41N5/c1-9-11-12-13-14-15-16-17-22(5)18-19-23(6)31(8)26-28-24(21(3)4)27-25(29-26)30(7)20-10-2/h9,11,14-19,21-22H,6,10,12-13,20H2,1-5,7-8H3/b11-9-,15-14-,17-16-,19-18-. The SMILES string of the molecule is C=C(/C=C\C(C)/C=C\C=C/CC/C=C\C)N(C)c1nc(C(C)C)nc(N(C)CCC)n1. The Morgan fingerprint density at radius 2 is 1.65 bits per heavy atom. The fourth-order valence-electron chi connectivity index (χ4n) is 2.72. The van der Waals surface area contributed by atoms with Crippen molar-refractivity contribution in [2.24, 2.45) is 5.92 Å². The molecule has 31 heavy (non-hydrogen) atoms. The molecule has 0 aliphatic rings. The van der Waals surface area contributed by atoms with Crippen molar-refractivity contribution in [1.82, 2.24) is 15.0 Å². The molecular weight excluding hydrogens is 382 g/mol. The maximum absolute atomic E-state index is 4.68. The van der Waals surface area contributed by atoms with Gasteiger partial charge in [-0.15, -0.1) is 0 Å². The molecule has 1 rings (SSSR count). The van der Waals surface area contributed by atoms with Crippen LogP contribution in [0.4, 0.5) is 11.9 Å².